The van der Waals surface area contributed by atoms with E-state index in [1.54, 1.807) is 18.2 Å². The average Bonchev–Trinajstić information content (AvgIpc) is 3.21. The Labute approximate surface area is 159 Å². The van der Waals surface area contributed by atoms with E-state index in [2.05, 4.69) is 10.1 Å². The number of rotatable bonds is 7. The van der Waals surface area contributed by atoms with E-state index in [1.807, 2.05) is 17.5 Å². The first kappa shape index (κ1) is 18.4. The first-order valence-electron chi connectivity index (χ1n) is 7.44. The summed E-state index contributed by atoms with van der Waals surface area (Å²) in [7, 11) is -3.29. The minimum absolute atomic E-state index is 0.0165. The molecule has 132 valence electrons. The van der Waals surface area contributed by atoms with Gasteiger partial charge in [0, 0.05) is 16.5 Å². The molecule has 0 fully saturated rings. The summed E-state index contributed by atoms with van der Waals surface area (Å²) < 4.78 is 29.7. The molecular weight excluding hydrogens is 403 g/mol. The maximum absolute atomic E-state index is 12.3. The van der Waals surface area contributed by atoms with Gasteiger partial charge in [0.15, 0.2) is 9.84 Å². The maximum atomic E-state index is 12.3. The van der Waals surface area contributed by atoms with Crippen LogP contribution in [0.5, 0.6) is 0 Å². The van der Waals surface area contributed by atoms with Crippen LogP contribution in [0.3, 0.4) is 0 Å². The number of halogens is 2. The van der Waals surface area contributed by atoms with Crippen molar-refractivity contribution in [1.82, 2.24) is 10.1 Å². The Balaban J connectivity index is 1.56. The minimum atomic E-state index is -3.29. The summed E-state index contributed by atoms with van der Waals surface area (Å²) >= 11 is 13.4. The SMILES string of the molecule is O=S(=O)(CCCc1nc(-c2cccs2)no1)Cc1ccc(Cl)cc1Cl. The minimum Gasteiger partial charge on any atom is -0.339 e. The summed E-state index contributed by atoms with van der Waals surface area (Å²) in [6, 6.07) is 8.61. The summed E-state index contributed by atoms with van der Waals surface area (Å²) in [4.78, 5) is 5.20. The van der Waals surface area contributed by atoms with Crippen LogP contribution in [-0.2, 0) is 22.0 Å². The average molecular weight is 417 g/mol. The lowest BCUT2D eigenvalue weighted by Gasteiger charge is -2.06. The van der Waals surface area contributed by atoms with Crippen molar-refractivity contribution < 1.29 is 12.9 Å². The van der Waals surface area contributed by atoms with Gasteiger partial charge in [0.1, 0.15) is 0 Å². The number of hydrogen-bond acceptors (Lipinski definition) is 6. The third-order valence-corrected chi connectivity index (χ3v) is 6.56. The smallest absolute Gasteiger partial charge is 0.227 e. The Kier molecular flexibility index (Phi) is 5.78. The second kappa shape index (κ2) is 7.86. The lowest BCUT2D eigenvalue weighted by atomic mass is 10.2. The van der Waals surface area contributed by atoms with E-state index in [9.17, 15) is 8.42 Å². The van der Waals surface area contributed by atoms with Gasteiger partial charge in [-0.15, -0.1) is 11.3 Å². The topological polar surface area (TPSA) is 73.1 Å². The third-order valence-electron chi connectivity index (χ3n) is 3.45. The summed E-state index contributed by atoms with van der Waals surface area (Å²) in [6.45, 7) is 0. The molecule has 0 saturated carbocycles. The molecule has 0 bridgehead atoms. The van der Waals surface area contributed by atoms with E-state index >= 15 is 0 Å². The van der Waals surface area contributed by atoms with E-state index < -0.39 is 9.84 Å². The normalized spacial score (nSPS) is 11.8. The first-order valence-corrected chi connectivity index (χ1v) is 10.9. The van der Waals surface area contributed by atoms with Crippen molar-refractivity contribution in [1.29, 1.82) is 0 Å². The highest BCUT2D eigenvalue weighted by atomic mass is 35.5. The molecule has 0 unspecified atom stereocenters. The van der Waals surface area contributed by atoms with Gasteiger partial charge in [0.05, 0.1) is 16.4 Å². The fourth-order valence-corrected chi connectivity index (χ4v) is 4.91. The van der Waals surface area contributed by atoms with E-state index in [1.165, 1.54) is 11.3 Å². The fraction of sp³-hybridized carbons (Fsp3) is 0.250. The van der Waals surface area contributed by atoms with Crippen molar-refractivity contribution in [2.24, 2.45) is 0 Å². The van der Waals surface area contributed by atoms with Gasteiger partial charge in [-0.3, -0.25) is 0 Å². The molecule has 3 rings (SSSR count). The molecule has 3 aromatic rings. The van der Waals surface area contributed by atoms with Crippen LogP contribution >= 0.6 is 34.5 Å². The third kappa shape index (κ3) is 5.04. The Bertz CT molecular complexity index is 954. The van der Waals surface area contributed by atoms with Crippen LogP contribution in [0, 0.1) is 0 Å². The van der Waals surface area contributed by atoms with Crippen molar-refractivity contribution in [2.45, 2.75) is 18.6 Å². The molecule has 0 amide bonds. The van der Waals surface area contributed by atoms with Crippen molar-refractivity contribution in [3.05, 3.63) is 57.2 Å². The van der Waals surface area contributed by atoms with E-state index in [4.69, 9.17) is 27.7 Å². The highest BCUT2D eigenvalue weighted by molar-refractivity contribution is 7.90. The van der Waals surface area contributed by atoms with Crippen LogP contribution in [-0.4, -0.2) is 24.3 Å². The van der Waals surface area contributed by atoms with Crippen molar-refractivity contribution in [3.63, 3.8) is 0 Å². The molecular formula is C16H14Cl2N2O3S2. The van der Waals surface area contributed by atoms with Crippen LogP contribution in [0.1, 0.15) is 17.9 Å². The monoisotopic (exact) mass is 416 g/mol. The number of nitrogens with zero attached hydrogens (tertiary/aromatic N) is 2. The fourth-order valence-electron chi connectivity index (χ4n) is 2.25. The molecule has 25 heavy (non-hydrogen) atoms. The van der Waals surface area contributed by atoms with Crippen molar-refractivity contribution in [2.75, 3.05) is 5.75 Å². The molecule has 9 heteroatoms. The van der Waals surface area contributed by atoms with Crippen LogP contribution in [0.15, 0.2) is 40.2 Å². The molecule has 1 aromatic carbocycles. The lowest BCUT2D eigenvalue weighted by molar-refractivity contribution is 0.378. The van der Waals surface area contributed by atoms with E-state index in [0.717, 1.165) is 4.88 Å². The van der Waals surface area contributed by atoms with Gasteiger partial charge < -0.3 is 4.52 Å². The van der Waals surface area contributed by atoms with E-state index in [-0.39, 0.29) is 11.5 Å². The zero-order chi connectivity index (χ0) is 17.9. The van der Waals surface area contributed by atoms with Gasteiger partial charge in [-0.2, -0.15) is 4.98 Å². The van der Waals surface area contributed by atoms with Gasteiger partial charge >= 0.3 is 0 Å². The highest BCUT2D eigenvalue weighted by Gasteiger charge is 2.16. The molecule has 0 aliphatic rings. The molecule has 0 saturated heterocycles. The zero-order valence-corrected chi connectivity index (χ0v) is 16.1. The van der Waals surface area contributed by atoms with Gasteiger partial charge in [0.25, 0.3) is 0 Å². The predicted octanol–water partition coefficient (Wildman–Crippen LogP) is 4.65. The van der Waals surface area contributed by atoms with Gasteiger partial charge in [-0.05, 0) is 35.6 Å². The summed E-state index contributed by atoms with van der Waals surface area (Å²) in [5, 5.41) is 6.67. The second-order valence-electron chi connectivity index (χ2n) is 5.42. The molecule has 0 spiro atoms. The summed E-state index contributed by atoms with van der Waals surface area (Å²) in [6.07, 6.45) is 0.811. The Morgan fingerprint density at radius 3 is 2.76 bits per heavy atom. The Morgan fingerprint density at radius 1 is 1.20 bits per heavy atom. The lowest BCUT2D eigenvalue weighted by Crippen LogP contribution is -2.10. The van der Waals surface area contributed by atoms with Crippen LogP contribution < -0.4 is 0 Å². The van der Waals surface area contributed by atoms with E-state index in [0.29, 0.717) is 40.2 Å². The van der Waals surface area contributed by atoms with Crippen molar-refractivity contribution >= 4 is 44.4 Å². The van der Waals surface area contributed by atoms with Crippen LogP contribution in [0.4, 0.5) is 0 Å². The number of thiophene rings is 1. The number of benzene rings is 1. The molecule has 0 aliphatic carbocycles. The Hall–Kier alpha value is -1.41. The number of aryl methyl sites for hydroxylation is 1. The molecule has 5 nitrogen and oxygen atoms in total. The molecule has 0 atom stereocenters. The quantitative estimate of drug-likeness (QED) is 0.560. The Morgan fingerprint density at radius 2 is 2.04 bits per heavy atom. The number of sulfone groups is 1. The number of aromatic nitrogens is 2. The van der Waals surface area contributed by atoms with Crippen LogP contribution in [0.2, 0.25) is 10.0 Å². The van der Waals surface area contributed by atoms with Gasteiger partial charge in [-0.1, -0.05) is 40.5 Å². The highest BCUT2D eigenvalue weighted by Crippen LogP contribution is 2.24. The second-order valence-corrected chi connectivity index (χ2v) is 9.40. The van der Waals surface area contributed by atoms with Crippen LogP contribution in [0.25, 0.3) is 10.7 Å². The molecule has 0 radical (unpaired) electrons. The largest absolute Gasteiger partial charge is 0.339 e. The maximum Gasteiger partial charge on any atom is 0.227 e. The first-order chi connectivity index (χ1) is 11.9. The molecule has 0 N–H and O–H groups in total. The van der Waals surface area contributed by atoms with Gasteiger partial charge in [-0.25, -0.2) is 8.42 Å². The standard InChI is InChI=1S/C16H14Cl2N2O3S2/c17-12-6-5-11(13(18)9-12)10-25(21,22)8-2-4-15-19-16(20-23-15)14-3-1-7-24-14/h1,3,5-7,9H,2,4,8,10H2. The number of hydrogen-bond donors (Lipinski definition) is 0. The predicted molar refractivity (Wildman–Crippen MR) is 99.9 cm³/mol. The van der Waals surface area contributed by atoms with Gasteiger partial charge in [0.2, 0.25) is 11.7 Å². The molecule has 0 aliphatic heterocycles. The molecule has 2 aromatic heterocycles. The summed E-state index contributed by atoms with van der Waals surface area (Å²) in [5.74, 6) is 0.861. The van der Waals surface area contributed by atoms with Crippen molar-refractivity contribution in [3.8, 4) is 10.7 Å². The zero-order valence-electron chi connectivity index (χ0n) is 13.0. The summed E-state index contributed by atoms with van der Waals surface area (Å²) in [5.41, 5.74) is 0.545. The molecule has 2 heterocycles.